The lowest BCUT2D eigenvalue weighted by Crippen LogP contribution is -2.54. The molecule has 41 heavy (non-hydrogen) atoms. The number of hydrogen-bond donors (Lipinski definition) is 3. The van der Waals surface area contributed by atoms with E-state index in [0.29, 0.717) is 30.7 Å². The Morgan fingerprint density at radius 2 is 1.37 bits per heavy atom. The highest BCUT2D eigenvalue weighted by atomic mass is 16.5. The predicted octanol–water partition coefficient (Wildman–Crippen LogP) is 4.89. The highest BCUT2D eigenvalue weighted by Crippen LogP contribution is 2.23. The van der Waals surface area contributed by atoms with Gasteiger partial charge in [-0.05, 0) is 55.4 Å². The molecule has 2 amide bonds. The average molecular weight is 560 g/mol. The SMILES string of the molecule is COc1ccccc1NC(=O)[C@H](CC(C)C)NC(=O)[C@H](CCc1ccccc1)N[C@H](C)C(=O)OCc1ccccc1. The first-order valence-electron chi connectivity index (χ1n) is 14.0. The molecule has 0 fully saturated rings. The first-order chi connectivity index (χ1) is 19.8. The number of benzene rings is 3. The Bertz CT molecular complexity index is 1250. The van der Waals surface area contributed by atoms with Gasteiger partial charge >= 0.3 is 5.97 Å². The van der Waals surface area contributed by atoms with Crippen LogP contribution in [0.25, 0.3) is 0 Å². The number of hydrogen-bond acceptors (Lipinski definition) is 6. The van der Waals surface area contributed by atoms with Gasteiger partial charge in [0.05, 0.1) is 18.8 Å². The molecule has 0 aromatic heterocycles. The van der Waals surface area contributed by atoms with E-state index in [1.807, 2.05) is 80.6 Å². The Morgan fingerprint density at radius 3 is 2.00 bits per heavy atom. The predicted molar refractivity (Wildman–Crippen MR) is 160 cm³/mol. The number of anilines is 1. The second-order valence-electron chi connectivity index (χ2n) is 10.4. The summed E-state index contributed by atoms with van der Waals surface area (Å²) in [5.74, 6) is -0.482. The van der Waals surface area contributed by atoms with Crippen LogP contribution in [0.5, 0.6) is 5.75 Å². The van der Waals surface area contributed by atoms with E-state index in [4.69, 9.17) is 9.47 Å². The van der Waals surface area contributed by atoms with Crippen LogP contribution < -0.4 is 20.7 Å². The van der Waals surface area contributed by atoms with Crippen LogP contribution in [0, 0.1) is 5.92 Å². The van der Waals surface area contributed by atoms with Gasteiger partial charge in [-0.1, -0.05) is 86.6 Å². The summed E-state index contributed by atoms with van der Waals surface area (Å²) >= 11 is 0. The van der Waals surface area contributed by atoms with Crippen molar-refractivity contribution in [1.82, 2.24) is 10.6 Å². The molecule has 0 aliphatic rings. The number of carbonyl (C=O) groups excluding carboxylic acids is 3. The minimum absolute atomic E-state index is 0.145. The van der Waals surface area contributed by atoms with Crippen molar-refractivity contribution in [2.75, 3.05) is 12.4 Å². The summed E-state index contributed by atoms with van der Waals surface area (Å²) in [6.07, 6.45) is 1.47. The maximum absolute atomic E-state index is 13.6. The summed E-state index contributed by atoms with van der Waals surface area (Å²) in [7, 11) is 1.54. The lowest BCUT2D eigenvalue weighted by Gasteiger charge is -2.26. The number of rotatable bonds is 15. The molecular formula is C33H41N3O5. The Balaban J connectivity index is 1.71. The van der Waals surface area contributed by atoms with Crippen molar-refractivity contribution >= 4 is 23.5 Å². The molecule has 0 radical (unpaired) electrons. The molecule has 3 aromatic rings. The van der Waals surface area contributed by atoms with Gasteiger partial charge in [-0.3, -0.25) is 19.7 Å². The summed E-state index contributed by atoms with van der Waals surface area (Å²) in [4.78, 5) is 39.8. The molecule has 3 aromatic carbocycles. The molecule has 0 heterocycles. The van der Waals surface area contributed by atoms with Gasteiger partial charge in [0.15, 0.2) is 0 Å². The number of aryl methyl sites for hydroxylation is 1. The van der Waals surface area contributed by atoms with E-state index >= 15 is 0 Å². The quantitative estimate of drug-likeness (QED) is 0.229. The minimum Gasteiger partial charge on any atom is -0.495 e. The van der Waals surface area contributed by atoms with Gasteiger partial charge < -0.3 is 20.1 Å². The summed E-state index contributed by atoms with van der Waals surface area (Å²) in [6.45, 7) is 5.80. The van der Waals surface area contributed by atoms with Gasteiger partial charge in [0, 0.05) is 0 Å². The van der Waals surface area contributed by atoms with Crippen LogP contribution in [0.3, 0.4) is 0 Å². The smallest absolute Gasteiger partial charge is 0.323 e. The van der Waals surface area contributed by atoms with Crippen LogP contribution >= 0.6 is 0 Å². The monoisotopic (exact) mass is 559 g/mol. The zero-order chi connectivity index (χ0) is 29.6. The number of carbonyl (C=O) groups is 3. The fourth-order valence-corrected chi connectivity index (χ4v) is 4.41. The first-order valence-corrected chi connectivity index (χ1v) is 14.0. The van der Waals surface area contributed by atoms with E-state index < -0.39 is 24.1 Å². The van der Waals surface area contributed by atoms with Crippen molar-refractivity contribution in [3.05, 3.63) is 96.1 Å². The standard InChI is InChI=1S/C33H41N3O5/c1-23(2)21-29(32(38)35-27-17-11-12-18-30(27)40-4)36-31(37)28(20-19-25-13-7-5-8-14-25)34-24(3)33(39)41-22-26-15-9-6-10-16-26/h5-18,23-24,28-29,34H,19-22H2,1-4H3,(H,35,38)(H,36,37)/t24-,28+,29+/m1/s1. The average Bonchev–Trinajstić information content (AvgIpc) is 2.98. The van der Waals surface area contributed by atoms with Gasteiger partial charge in [-0.2, -0.15) is 0 Å². The van der Waals surface area contributed by atoms with Crippen LogP contribution in [-0.4, -0.2) is 43.0 Å². The maximum Gasteiger partial charge on any atom is 0.323 e. The van der Waals surface area contributed by atoms with Crippen molar-refractivity contribution in [3.8, 4) is 5.75 Å². The largest absolute Gasteiger partial charge is 0.495 e. The molecule has 0 bridgehead atoms. The minimum atomic E-state index is -0.784. The number of para-hydroxylation sites is 2. The van der Waals surface area contributed by atoms with Crippen molar-refractivity contribution in [3.63, 3.8) is 0 Å². The summed E-state index contributed by atoms with van der Waals surface area (Å²) in [5.41, 5.74) is 2.47. The molecule has 218 valence electrons. The van der Waals surface area contributed by atoms with E-state index in [1.165, 1.54) is 7.11 Å². The van der Waals surface area contributed by atoms with Crippen molar-refractivity contribution in [1.29, 1.82) is 0 Å². The fraction of sp³-hybridized carbons (Fsp3) is 0.364. The highest BCUT2D eigenvalue weighted by Gasteiger charge is 2.29. The molecule has 3 atom stereocenters. The second-order valence-corrected chi connectivity index (χ2v) is 10.4. The number of nitrogens with one attached hydrogen (secondary N) is 3. The molecule has 0 unspecified atom stereocenters. The normalized spacial score (nSPS) is 13.1. The van der Waals surface area contributed by atoms with E-state index in [-0.39, 0.29) is 24.3 Å². The van der Waals surface area contributed by atoms with Gasteiger partial charge in [0.25, 0.3) is 0 Å². The molecule has 0 saturated carbocycles. The zero-order valence-electron chi connectivity index (χ0n) is 24.3. The molecule has 3 rings (SSSR count). The molecule has 8 heteroatoms. The van der Waals surface area contributed by atoms with Crippen molar-refractivity contribution in [2.45, 2.75) is 64.8 Å². The zero-order valence-corrected chi connectivity index (χ0v) is 24.3. The summed E-state index contributed by atoms with van der Waals surface area (Å²) in [6, 6.07) is 24.1. The lowest BCUT2D eigenvalue weighted by atomic mass is 10.0. The van der Waals surface area contributed by atoms with Gasteiger partial charge in [0.2, 0.25) is 11.8 Å². The van der Waals surface area contributed by atoms with E-state index in [1.54, 1.807) is 25.1 Å². The number of amides is 2. The Labute approximate surface area is 242 Å². The van der Waals surface area contributed by atoms with Crippen LogP contribution in [-0.2, 0) is 32.1 Å². The van der Waals surface area contributed by atoms with Crippen LogP contribution in [0.1, 0.15) is 44.7 Å². The first kappa shape index (κ1) is 31.4. The molecule has 0 spiro atoms. The summed E-state index contributed by atoms with van der Waals surface area (Å²) < 4.78 is 10.8. The highest BCUT2D eigenvalue weighted by molar-refractivity contribution is 5.98. The summed E-state index contributed by atoms with van der Waals surface area (Å²) in [5, 5.41) is 8.98. The maximum atomic E-state index is 13.6. The van der Waals surface area contributed by atoms with E-state index in [2.05, 4.69) is 16.0 Å². The third-order valence-corrected chi connectivity index (χ3v) is 6.61. The molecular weight excluding hydrogens is 518 g/mol. The lowest BCUT2D eigenvalue weighted by molar-refractivity contribution is -0.147. The van der Waals surface area contributed by atoms with E-state index in [0.717, 1.165) is 11.1 Å². The molecule has 8 nitrogen and oxygen atoms in total. The Kier molecular flexibility index (Phi) is 12.4. The number of esters is 1. The molecule has 0 aliphatic carbocycles. The molecule has 0 saturated heterocycles. The number of methoxy groups -OCH3 is 1. The van der Waals surface area contributed by atoms with Crippen LogP contribution in [0.4, 0.5) is 5.69 Å². The number of ether oxygens (including phenoxy) is 2. The third kappa shape index (κ3) is 10.4. The third-order valence-electron chi connectivity index (χ3n) is 6.61. The van der Waals surface area contributed by atoms with E-state index in [9.17, 15) is 14.4 Å². The molecule has 0 aliphatic heterocycles. The molecule has 3 N–H and O–H groups in total. The van der Waals surface area contributed by atoms with Crippen molar-refractivity contribution in [2.24, 2.45) is 5.92 Å². The fourth-order valence-electron chi connectivity index (χ4n) is 4.41. The van der Waals surface area contributed by atoms with Crippen LogP contribution in [0.2, 0.25) is 0 Å². The van der Waals surface area contributed by atoms with Gasteiger partial charge in [-0.15, -0.1) is 0 Å². The van der Waals surface area contributed by atoms with Crippen LogP contribution in [0.15, 0.2) is 84.9 Å². The van der Waals surface area contributed by atoms with Crippen molar-refractivity contribution < 1.29 is 23.9 Å². The Morgan fingerprint density at radius 1 is 0.756 bits per heavy atom. The second kappa shape index (κ2) is 16.2. The van der Waals surface area contributed by atoms with Gasteiger partial charge in [0.1, 0.15) is 24.4 Å². The Hall–Kier alpha value is -4.17. The van der Waals surface area contributed by atoms with Gasteiger partial charge in [-0.25, -0.2) is 0 Å². The topological polar surface area (TPSA) is 106 Å².